The molecule has 1 N–H and O–H groups in total. The molecule has 1 aliphatic rings. The van der Waals surface area contributed by atoms with Crippen molar-refractivity contribution >= 4 is 9.84 Å². The van der Waals surface area contributed by atoms with Crippen LogP contribution < -0.4 is 0 Å². The molecule has 0 aliphatic carbocycles. The van der Waals surface area contributed by atoms with Crippen LogP contribution in [0.1, 0.15) is 12.5 Å². The van der Waals surface area contributed by atoms with E-state index in [9.17, 15) is 8.42 Å². The molecule has 0 unspecified atom stereocenters. The van der Waals surface area contributed by atoms with Crippen LogP contribution in [-0.2, 0) is 25.1 Å². The largest absolute Gasteiger partial charge is 0.394 e. The van der Waals surface area contributed by atoms with Gasteiger partial charge in [-0.25, -0.2) is 8.42 Å². The molecule has 0 amide bonds. The Kier molecular flexibility index (Phi) is 4.25. The van der Waals surface area contributed by atoms with E-state index in [1.54, 1.807) is 31.2 Å². The van der Waals surface area contributed by atoms with E-state index in [-0.39, 0.29) is 24.7 Å². The highest BCUT2D eigenvalue weighted by Gasteiger charge is 2.46. The molecule has 106 valence electrons. The molecule has 0 radical (unpaired) electrons. The fourth-order valence-corrected chi connectivity index (χ4v) is 3.15. The van der Waals surface area contributed by atoms with Crippen LogP contribution in [0.5, 0.6) is 0 Å². The topological polar surface area (TPSA) is 72.8 Å². The molecule has 0 spiro atoms. The predicted octanol–water partition coefficient (Wildman–Crippen LogP) is 0.682. The van der Waals surface area contributed by atoms with Crippen LogP contribution in [0.4, 0.5) is 0 Å². The summed E-state index contributed by atoms with van der Waals surface area (Å²) in [7, 11) is -3.27. The fraction of sp³-hybridized carbons (Fsp3) is 0.538. The average Bonchev–Trinajstić information content (AvgIpc) is 2.84. The van der Waals surface area contributed by atoms with E-state index < -0.39 is 21.7 Å². The van der Waals surface area contributed by atoms with Crippen molar-refractivity contribution < 1.29 is 23.0 Å². The summed E-state index contributed by atoms with van der Waals surface area (Å²) < 4.78 is 35.1. The number of sulfone groups is 1. The third-order valence-corrected chi connectivity index (χ3v) is 4.83. The summed E-state index contributed by atoms with van der Waals surface area (Å²) in [6.45, 7) is 1.58. The Balaban J connectivity index is 2.35. The number of aliphatic hydroxyl groups excluding tert-OH is 1. The van der Waals surface area contributed by atoms with E-state index in [2.05, 4.69) is 0 Å². The summed E-state index contributed by atoms with van der Waals surface area (Å²) in [6.07, 6.45) is -0.493. The lowest BCUT2D eigenvalue weighted by Gasteiger charge is -2.28. The summed E-state index contributed by atoms with van der Waals surface area (Å²) in [5.41, 5.74) is 0.656. The first kappa shape index (κ1) is 14.5. The standard InChI is InChI=1S/C13H18O5S/c1-2-19(15,16)10-13(11-6-4-3-5-7-11)17-9-12(8-14)18-13/h3-7,12,14H,2,8-10H2,1H3/t12-,13-/m1/s1. The molecular formula is C13H18O5S. The van der Waals surface area contributed by atoms with Crippen molar-refractivity contribution in [3.8, 4) is 0 Å². The van der Waals surface area contributed by atoms with Crippen LogP contribution >= 0.6 is 0 Å². The van der Waals surface area contributed by atoms with Crippen LogP contribution in [0.25, 0.3) is 0 Å². The van der Waals surface area contributed by atoms with Crippen molar-refractivity contribution in [3.05, 3.63) is 35.9 Å². The van der Waals surface area contributed by atoms with Gasteiger partial charge in [0.1, 0.15) is 11.9 Å². The molecule has 2 rings (SSSR count). The second-order valence-corrected chi connectivity index (χ2v) is 6.88. The van der Waals surface area contributed by atoms with Gasteiger partial charge < -0.3 is 14.6 Å². The van der Waals surface area contributed by atoms with E-state index in [0.29, 0.717) is 5.56 Å². The monoisotopic (exact) mass is 286 g/mol. The Morgan fingerprint density at radius 2 is 2.05 bits per heavy atom. The Morgan fingerprint density at radius 1 is 1.37 bits per heavy atom. The highest BCUT2D eigenvalue weighted by atomic mass is 32.2. The summed E-state index contributed by atoms with van der Waals surface area (Å²) in [4.78, 5) is 0. The summed E-state index contributed by atoms with van der Waals surface area (Å²) in [5.74, 6) is -1.52. The zero-order valence-corrected chi connectivity index (χ0v) is 11.6. The zero-order valence-electron chi connectivity index (χ0n) is 10.8. The number of benzene rings is 1. The van der Waals surface area contributed by atoms with E-state index >= 15 is 0 Å². The van der Waals surface area contributed by atoms with E-state index in [0.717, 1.165) is 0 Å². The van der Waals surface area contributed by atoms with Crippen molar-refractivity contribution in [2.75, 3.05) is 24.7 Å². The summed E-state index contributed by atoms with van der Waals surface area (Å²) in [6, 6.07) is 8.98. The van der Waals surface area contributed by atoms with Crippen molar-refractivity contribution in [2.45, 2.75) is 18.8 Å². The molecule has 0 saturated carbocycles. The minimum Gasteiger partial charge on any atom is -0.394 e. The zero-order chi connectivity index (χ0) is 13.9. The predicted molar refractivity (Wildman–Crippen MR) is 70.4 cm³/mol. The van der Waals surface area contributed by atoms with Crippen molar-refractivity contribution in [2.24, 2.45) is 0 Å². The SMILES string of the molecule is CCS(=O)(=O)C[C@@]1(c2ccccc2)OC[C@@H](CO)O1. The van der Waals surface area contributed by atoms with Gasteiger partial charge in [-0.1, -0.05) is 37.3 Å². The third kappa shape index (κ3) is 3.14. The van der Waals surface area contributed by atoms with E-state index in [1.807, 2.05) is 6.07 Å². The van der Waals surface area contributed by atoms with Gasteiger partial charge in [-0.3, -0.25) is 0 Å². The van der Waals surface area contributed by atoms with Crippen LogP contribution in [0.15, 0.2) is 30.3 Å². The molecule has 1 aromatic rings. The Hall–Kier alpha value is -0.950. The van der Waals surface area contributed by atoms with Gasteiger partial charge in [-0.2, -0.15) is 0 Å². The second kappa shape index (κ2) is 5.58. The van der Waals surface area contributed by atoms with Crippen molar-refractivity contribution in [3.63, 3.8) is 0 Å². The molecule has 19 heavy (non-hydrogen) atoms. The number of ether oxygens (including phenoxy) is 2. The number of rotatable bonds is 5. The number of aliphatic hydroxyl groups is 1. The molecule has 2 atom stereocenters. The molecule has 0 bridgehead atoms. The Bertz CT molecular complexity index is 513. The van der Waals surface area contributed by atoms with E-state index in [4.69, 9.17) is 14.6 Å². The molecule has 1 aliphatic heterocycles. The van der Waals surface area contributed by atoms with Gasteiger partial charge in [0.05, 0.1) is 13.2 Å². The smallest absolute Gasteiger partial charge is 0.209 e. The molecule has 1 fully saturated rings. The average molecular weight is 286 g/mol. The fourth-order valence-electron chi connectivity index (χ4n) is 2.05. The molecule has 1 saturated heterocycles. The quantitative estimate of drug-likeness (QED) is 0.862. The normalized spacial score (nSPS) is 27.6. The first-order valence-electron chi connectivity index (χ1n) is 6.20. The van der Waals surface area contributed by atoms with Gasteiger partial charge in [0.15, 0.2) is 9.84 Å². The van der Waals surface area contributed by atoms with Gasteiger partial charge in [-0.05, 0) is 0 Å². The van der Waals surface area contributed by atoms with Gasteiger partial charge in [0, 0.05) is 11.3 Å². The van der Waals surface area contributed by atoms with Crippen LogP contribution in [0.2, 0.25) is 0 Å². The highest BCUT2D eigenvalue weighted by Crippen LogP contribution is 2.35. The lowest BCUT2D eigenvalue weighted by molar-refractivity contribution is -0.162. The Labute approximate surface area is 113 Å². The number of hydrogen-bond donors (Lipinski definition) is 1. The first-order valence-corrected chi connectivity index (χ1v) is 8.02. The highest BCUT2D eigenvalue weighted by molar-refractivity contribution is 7.91. The molecule has 1 aromatic carbocycles. The maximum atomic E-state index is 11.9. The molecule has 5 nitrogen and oxygen atoms in total. The third-order valence-electron chi connectivity index (χ3n) is 3.13. The maximum absolute atomic E-state index is 11.9. The van der Waals surface area contributed by atoms with Gasteiger partial charge >= 0.3 is 0 Å². The minimum atomic E-state index is -3.27. The van der Waals surface area contributed by atoms with Gasteiger partial charge in [0.25, 0.3) is 0 Å². The van der Waals surface area contributed by atoms with E-state index in [1.165, 1.54) is 0 Å². The Morgan fingerprint density at radius 3 is 2.58 bits per heavy atom. The van der Waals surface area contributed by atoms with Crippen molar-refractivity contribution in [1.29, 1.82) is 0 Å². The maximum Gasteiger partial charge on any atom is 0.209 e. The molecule has 6 heteroatoms. The molecule has 0 aromatic heterocycles. The van der Waals surface area contributed by atoms with Crippen LogP contribution in [-0.4, -0.2) is 44.3 Å². The molecule has 1 heterocycles. The first-order chi connectivity index (χ1) is 9.01. The summed E-state index contributed by atoms with van der Waals surface area (Å²) in [5, 5.41) is 9.15. The lowest BCUT2D eigenvalue weighted by Crippen LogP contribution is -2.37. The molecular weight excluding hydrogens is 268 g/mol. The second-order valence-electron chi connectivity index (χ2n) is 4.53. The minimum absolute atomic E-state index is 0.0259. The van der Waals surface area contributed by atoms with Gasteiger partial charge in [0.2, 0.25) is 5.79 Å². The van der Waals surface area contributed by atoms with Crippen LogP contribution in [0, 0.1) is 0 Å². The number of hydrogen-bond acceptors (Lipinski definition) is 5. The van der Waals surface area contributed by atoms with Gasteiger partial charge in [-0.15, -0.1) is 0 Å². The van der Waals surface area contributed by atoms with Crippen LogP contribution in [0.3, 0.4) is 0 Å². The van der Waals surface area contributed by atoms with Crippen molar-refractivity contribution in [1.82, 2.24) is 0 Å². The summed E-state index contributed by atoms with van der Waals surface area (Å²) >= 11 is 0. The lowest BCUT2D eigenvalue weighted by atomic mass is 10.1.